The van der Waals surface area contributed by atoms with Gasteiger partial charge in [0.1, 0.15) is 24.1 Å². The quantitative estimate of drug-likeness (QED) is 0.216. The van der Waals surface area contributed by atoms with Crippen molar-refractivity contribution in [3.05, 3.63) is 6.20 Å². The molecule has 2 fully saturated rings. The second-order valence-corrected chi connectivity index (χ2v) is 12.3. The van der Waals surface area contributed by atoms with Crippen molar-refractivity contribution < 1.29 is 43.9 Å². The summed E-state index contributed by atoms with van der Waals surface area (Å²) in [5.74, 6) is 0.791. The molecule has 1 saturated carbocycles. The molecule has 5 atom stereocenters. The molecule has 0 amide bonds. The van der Waals surface area contributed by atoms with Gasteiger partial charge in [0.15, 0.2) is 17.2 Å². The number of nitrogens with one attached hydrogen (secondary N) is 1. The molecular weight excluding hydrogens is 509 g/mol. The number of aromatic nitrogens is 4. The van der Waals surface area contributed by atoms with E-state index in [0.29, 0.717) is 23.5 Å². The smallest absolute Gasteiger partial charge is 0.359 e. The van der Waals surface area contributed by atoms with E-state index >= 15 is 0 Å². The summed E-state index contributed by atoms with van der Waals surface area (Å²) in [5.41, 5.74) is 0.322. The summed E-state index contributed by atoms with van der Waals surface area (Å²) in [6.45, 7) is 4.00. The van der Waals surface area contributed by atoms with Crippen LogP contribution in [0.25, 0.3) is 11.0 Å². The van der Waals surface area contributed by atoms with Crippen LogP contribution in [0.2, 0.25) is 0 Å². The van der Waals surface area contributed by atoms with Gasteiger partial charge in [0.25, 0.3) is 0 Å². The van der Waals surface area contributed by atoms with E-state index in [0.717, 1.165) is 32.6 Å². The summed E-state index contributed by atoms with van der Waals surface area (Å²) in [7, 11) is -4.84. The normalized spacial score (nSPS) is 26.7. The van der Waals surface area contributed by atoms with Gasteiger partial charge in [-0.25, -0.2) is 4.68 Å². The van der Waals surface area contributed by atoms with Gasteiger partial charge in [0.05, 0.1) is 31.4 Å². The van der Waals surface area contributed by atoms with Crippen molar-refractivity contribution in [3.8, 4) is 6.01 Å². The number of aliphatic hydroxyl groups excluding tert-OH is 3. The number of nitrogens with zero attached hydrogens (tertiary/aromatic N) is 4. The summed E-state index contributed by atoms with van der Waals surface area (Å²) in [6.07, 6.45) is 0.581. The Labute approximate surface area is 214 Å². The second-order valence-electron chi connectivity index (χ2n) is 10.2. The van der Waals surface area contributed by atoms with E-state index in [1.165, 1.54) is 4.68 Å². The Morgan fingerprint density at radius 2 is 1.95 bits per heavy atom. The van der Waals surface area contributed by atoms with E-state index in [1.54, 1.807) is 6.20 Å². The molecule has 1 aliphatic heterocycles. The Morgan fingerprint density at radius 1 is 1.24 bits per heavy atom. The van der Waals surface area contributed by atoms with Crippen LogP contribution >= 0.6 is 7.60 Å². The van der Waals surface area contributed by atoms with Gasteiger partial charge in [0.2, 0.25) is 0 Å². The van der Waals surface area contributed by atoms with Crippen LogP contribution in [0.3, 0.4) is 0 Å². The van der Waals surface area contributed by atoms with Crippen LogP contribution in [-0.4, -0.2) is 94.4 Å². The summed E-state index contributed by atoms with van der Waals surface area (Å²) < 4.78 is 29.9. The van der Waals surface area contributed by atoms with E-state index in [1.807, 2.05) is 13.8 Å². The first-order valence-corrected chi connectivity index (χ1v) is 14.0. The molecule has 0 bridgehead atoms. The van der Waals surface area contributed by atoms with Crippen molar-refractivity contribution in [1.29, 1.82) is 0 Å². The maximum absolute atomic E-state index is 11.7. The van der Waals surface area contributed by atoms with Gasteiger partial charge >= 0.3 is 13.6 Å². The fourth-order valence-electron chi connectivity index (χ4n) is 4.32. The average molecular weight is 546 g/mol. The highest BCUT2D eigenvalue weighted by molar-refractivity contribution is 7.53. The van der Waals surface area contributed by atoms with E-state index < -0.39 is 50.7 Å². The molecule has 14 nitrogen and oxygen atoms in total. The monoisotopic (exact) mass is 545 g/mol. The minimum atomic E-state index is -4.84. The molecule has 1 aliphatic carbocycles. The fraction of sp³-hybridized carbons (Fsp3) is 0.773. The van der Waals surface area contributed by atoms with Gasteiger partial charge in [-0.3, -0.25) is 4.57 Å². The van der Waals surface area contributed by atoms with Crippen LogP contribution in [0.4, 0.5) is 5.82 Å². The minimum absolute atomic E-state index is 0.136. The third-order valence-corrected chi connectivity index (χ3v) is 8.22. The molecule has 4 rings (SSSR count). The van der Waals surface area contributed by atoms with E-state index in [2.05, 4.69) is 20.4 Å². The number of hydrogen-bond acceptors (Lipinski definition) is 11. The Hall–Kier alpha value is -1.90. The Balaban J connectivity index is 1.60. The van der Waals surface area contributed by atoms with Crippen molar-refractivity contribution >= 4 is 24.4 Å². The first-order valence-electron chi connectivity index (χ1n) is 12.4. The van der Waals surface area contributed by atoms with Crippen molar-refractivity contribution in [2.24, 2.45) is 5.92 Å². The molecule has 0 unspecified atom stereocenters. The van der Waals surface area contributed by atoms with Crippen LogP contribution in [0.5, 0.6) is 6.01 Å². The maximum Gasteiger partial charge on any atom is 0.359 e. The summed E-state index contributed by atoms with van der Waals surface area (Å²) in [5, 5.41) is 37.0. The van der Waals surface area contributed by atoms with Crippen LogP contribution in [-0.2, 0) is 14.0 Å². The number of ether oxygens (including phenoxy) is 3. The highest BCUT2D eigenvalue weighted by Gasteiger charge is 2.48. The predicted octanol–water partition coefficient (Wildman–Crippen LogP) is 0.738. The average Bonchev–Trinajstić information content (AvgIpc) is 3.56. The maximum atomic E-state index is 11.7. The standard InChI is InChI=1S/C22H36N5O9P/c1-12(2)9-34-21-25-18(24-13-6-4-5-7-13)14-8-23-27(19(14)26-21)20-17(30)16(29)15(36-20)10-35-22(3,11-28)37(31,32)33/h8,12-13,15-17,20,28-30H,4-7,9-11H2,1-3H3,(H,24,25,26)(H2,31,32,33)/t15-,16-,17-,20-,22-/m1/s1. The first-order chi connectivity index (χ1) is 17.4. The number of hydrogen-bond donors (Lipinski definition) is 6. The number of rotatable bonds is 11. The van der Waals surface area contributed by atoms with E-state index in [9.17, 15) is 29.7 Å². The van der Waals surface area contributed by atoms with Gasteiger partial charge in [-0.1, -0.05) is 26.7 Å². The molecule has 3 heterocycles. The number of fused-ring (bicyclic) bond motifs is 1. The molecule has 15 heteroatoms. The highest BCUT2D eigenvalue weighted by Crippen LogP contribution is 2.51. The Morgan fingerprint density at radius 3 is 2.57 bits per heavy atom. The lowest BCUT2D eigenvalue weighted by molar-refractivity contribution is -0.104. The van der Waals surface area contributed by atoms with Crippen molar-refractivity contribution in [1.82, 2.24) is 19.7 Å². The van der Waals surface area contributed by atoms with Gasteiger partial charge in [-0.05, 0) is 25.7 Å². The fourth-order valence-corrected chi connectivity index (χ4v) is 4.75. The minimum Gasteiger partial charge on any atom is -0.463 e. The lowest BCUT2D eigenvalue weighted by Gasteiger charge is -2.29. The zero-order chi connectivity index (χ0) is 27.0. The molecule has 0 radical (unpaired) electrons. The Kier molecular flexibility index (Phi) is 8.41. The van der Waals surface area contributed by atoms with Crippen LogP contribution in [0.15, 0.2) is 6.20 Å². The molecule has 6 N–H and O–H groups in total. The lowest BCUT2D eigenvalue weighted by atomic mass is 10.1. The molecule has 37 heavy (non-hydrogen) atoms. The summed E-state index contributed by atoms with van der Waals surface area (Å²) >= 11 is 0. The van der Waals surface area contributed by atoms with E-state index in [-0.39, 0.29) is 18.0 Å². The van der Waals surface area contributed by atoms with Crippen LogP contribution in [0.1, 0.15) is 52.7 Å². The molecule has 2 aromatic rings. The topological polar surface area (TPSA) is 202 Å². The van der Waals surface area contributed by atoms with Crippen LogP contribution in [0, 0.1) is 5.92 Å². The van der Waals surface area contributed by atoms with Gasteiger partial charge in [0, 0.05) is 6.04 Å². The molecule has 2 aliphatic rings. The third-order valence-electron chi connectivity index (χ3n) is 6.72. The van der Waals surface area contributed by atoms with E-state index in [4.69, 9.17) is 14.2 Å². The van der Waals surface area contributed by atoms with Crippen LogP contribution < -0.4 is 10.1 Å². The molecule has 2 aromatic heterocycles. The zero-order valence-corrected chi connectivity index (χ0v) is 22.0. The number of aliphatic hydroxyl groups is 3. The molecule has 1 saturated heterocycles. The molecule has 208 valence electrons. The number of anilines is 1. The predicted molar refractivity (Wildman–Crippen MR) is 131 cm³/mol. The molecule has 0 aromatic carbocycles. The van der Waals surface area contributed by atoms with Crippen molar-refractivity contribution in [3.63, 3.8) is 0 Å². The molecule has 0 spiro atoms. The molecular formula is C22H36N5O9P. The lowest BCUT2D eigenvalue weighted by Crippen LogP contribution is -2.39. The highest BCUT2D eigenvalue weighted by atomic mass is 31.2. The third kappa shape index (κ3) is 5.91. The van der Waals surface area contributed by atoms with Gasteiger partial charge in [-0.2, -0.15) is 15.1 Å². The van der Waals surface area contributed by atoms with Crippen molar-refractivity contribution in [2.75, 3.05) is 25.1 Å². The largest absolute Gasteiger partial charge is 0.463 e. The first kappa shape index (κ1) is 28.1. The van der Waals surface area contributed by atoms with Gasteiger partial charge < -0.3 is 44.6 Å². The summed E-state index contributed by atoms with van der Waals surface area (Å²) in [6, 6.07) is 0.391. The Bertz CT molecular complexity index is 1120. The van der Waals surface area contributed by atoms with Gasteiger partial charge in [-0.15, -0.1) is 0 Å². The van der Waals surface area contributed by atoms with Crippen molar-refractivity contribution in [2.45, 2.75) is 82.4 Å². The summed E-state index contributed by atoms with van der Waals surface area (Å²) in [4.78, 5) is 28.1. The SMILES string of the molecule is CC(C)COc1nc(NC2CCCC2)c2cnn([C@@H]3O[C@H](CO[C@@](C)(CO)P(=O)(O)O)[C@@H](O)[C@H]3O)c2n1. The second kappa shape index (κ2) is 11.1. The zero-order valence-electron chi connectivity index (χ0n) is 21.1.